The lowest BCUT2D eigenvalue weighted by atomic mass is 9.71. The fourth-order valence-corrected chi connectivity index (χ4v) is 5.73. The summed E-state index contributed by atoms with van der Waals surface area (Å²) in [4.78, 5) is 2.66. The molecule has 0 aromatic rings. The predicted molar refractivity (Wildman–Crippen MR) is 122 cm³/mol. The first-order valence-electron chi connectivity index (χ1n) is 12.4. The second kappa shape index (κ2) is 11.3. The number of piperidine rings is 1. The Morgan fingerprint density at radius 1 is 1.11 bits per heavy atom. The number of likely N-dealkylation sites (tertiary alicyclic amines) is 1. The molecular formula is C25H50N2O. The Morgan fingerprint density at radius 2 is 1.79 bits per heavy atom. The Kier molecular flexibility index (Phi) is 9.76. The minimum atomic E-state index is -0.298. The number of rotatable bonds is 11. The second-order valence-electron chi connectivity index (χ2n) is 11.0. The van der Waals surface area contributed by atoms with E-state index in [0.717, 1.165) is 30.8 Å². The molecule has 5 atom stereocenters. The van der Waals surface area contributed by atoms with Crippen molar-refractivity contribution in [2.45, 2.75) is 118 Å². The van der Waals surface area contributed by atoms with Gasteiger partial charge in [0.1, 0.15) is 0 Å². The molecule has 2 fully saturated rings. The highest BCUT2D eigenvalue weighted by atomic mass is 16.3. The molecule has 1 aliphatic carbocycles. The van der Waals surface area contributed by atoms with Gasteiger partial charge in [-0.05, 0) is 75.8 Å². The number of aliphatic hydroxyl groups excluding tert-OH is 1. The molecule has 3 unspecified atom stereocenters. The normalized spacial score (nSPS) is 28.2. The number of hydrogen-bond donors (Lipinski definition) is 2. The van der Waals surface area contributed by atoms with E-state index in [1.165, 1.54) is 64.3 Å². The van der Waals surface area contributed by atoms with Crippen molar-refractivity contribution in [3.05, 3.63) is 0 Å². The van der Waals surface area contributed by atoms with Crippen molar-refractivity contribution in [3.63, 3.8) is 0 Å². The lowest BCUT2D eigenvalue weighted by Gasteiger charge is -2.48. The Bertz CT molecular complexity index is 430. The highest BCUT2D eigenvalue weighted by molar-refractivity contribution is 4.93. The monoisotopic (exact) mass is 394 g/mol. The SMILES string of the molecule is CC[C@@H](C)CCCC1CCN([C@H](C)C(NCC2CCCC2)C(C)O)CC1(C)C. The summed E-state index contributed by atoms with van der Waals surface area (Å²) in [7, 11) is 0. The van der Waals surface area contributed by atoms with Gasteiger partial charge in [0.2, 0.25) is 0 Å². The van der Waals surface area contributed by atoms with Crippen LogP contribution in [0.25, 0.3) is 0 Å². The van der Waals surface area contributed by atoms with Crippen LogP contribution in [0.2, 0.25) is 0 Å². The van der Waals surface area contributed by atoms with E-state index in [1.54, 1.807) is 0 Å². The molecule has 1 heterocycles. The average Bonchev–Trinajstić information content (AvgIpc) is 3.15. The lowest BCUT2D eigenvalue weighted by Crippen LogP contribution is -2.58. The Morgan fingerprint density at radius 3 is 2.36 bits per heavy atom. The van der Waals surface area contributed by atoms with Crippen LogP contribution in [-0.4, -0.2) is 47.8 Å². The molecule has 0 aromatic heterocycles. The minimum Gasteiger partial charge on any atom is -0.392 e. The lowest BCUT2D eigenvalue weighted by molar-refractivity contribution is -0.00139. The van der Waals surface area contributed by atoms with E-state index in [2.05, 4.69) is 44.8 Å². The largest absolute Gasteiger partial charge is 0.392 e. The third-order valence-corrected chi connectivity index (χ3v) is 8.16. The van der Waals surface area contributed by atoms with Gasteiger partial charge in [0.25, 0.3) is 0 Å². The van der Waals surface area contributed by atoms with E-state index in [-0.39, 0.29) is 12.1 Å². The number of aliphatic hydroxyl groups is 1. The van der Waals surface area contributed by atoms with Gasteiger partial charge in [-0.1, -0.05) is 59.8 Å². The molecule has 1 saturated carbocycles. The van der Waals surface area contributed by atoms with Gasteiger partial charge in [-0.2, -0.15) is 0 Å². The smallest absolute Gasteiger partial charge is 0.0680 e. The van der Waals surface area contributed by atoms with Gasteiger partial charge in [0.15, 0.2) is 0 Å². The van der Waals surface area contributed by atoms with Crippen molar-refractivity contribution in [3.8, 4) is 0 Å². The predicted octanol–water partition coefficient (Wildman–Crippen LogP) is 5.47. The molecule has 3 nitrogen and oxygen atoms in total. The maximum Gasteiger partial charge on any atom is 0.0680 e. The summed E-state index contributed by atoms with van der Waals surface area (Å²) in [6.07, 6.45) is 12.0. The van der Waals surface area contributed by atoms with E-state index in [9.17, 15) is 5.11 Å². The van der Waals surface area contributed by atoms with Crippen molar-refractivity contribution in [2.24, 2.45) is 23.2 Å². The summed E-state index contributed by atoms with van der Waals surface area (Å²) in [6.45, 7) is 17.4. The summed E-state index contributed by atoms with van der Waals surface area (Å²) in [5, 5.41) is 14.2. The van der Waals surface area contributed by atoms with E-state index in [0.29, 0.717) is 11.5 Å². The maximum atomic E-state index is 10.5. The van der Waals surface area contributed by atoms with Gasteiger partial charge in [0.05, 0.1) is 6.10 Å². The molecule has 0 amide bonds. The van der Waals surface area contributed by atoms with Crippen LogP contribution in [0, 0.1) is 23.2 Å². The van der Waals surface area contributed by atoms with Crippen molar-refractivity contribution in [1.29, 1.82) is 0 Å². The zero-order chi connectivity index (χ0) is 20.7. The molecule has 2 aliphatic rings. The Labute approximate surface area is 176 Å². The highest BCUT2D eigenvalue weighted by Gasteiger charge is 2.39. The molecule has 0 spiro atoms. The van der Waals surface area contributed by atoms with Crippen LogP contribution in [0.4, 0.5) is 0 Å². The summed E-state index contributed by atoms with van der Waals surface area (Å²) in [6, 6.07) is 0.570. The zero-order valence-electron chi connectivity index (χ0n) is 19.8. The second-order valence-corrected chi connectivity index (χ2v) is 11.0. The number of nitrogens with zero attached hydrogens (tertiary/aromatic N) is 1. The van der Waals surface area contributed by atoms with Gasteiger partial charge in [0, 0.05) is 18.6 Å². The van der Waals surface area contributed by atoms with E-state index in [4.69, 9.17) is 0 Å². The van der Waals surface area contributed by atoms with Crippen molar-refractivity contribution in [2.75, 3.05) is 19.6 Å². The van der Waals surface area contributed by atoms with E-state index < -0.39 is 0 Å². The van der Waals surface area contributed by atoms with Crippen LogP contribution < -0.4 is 5.32 Å². The molecule has 2 N–H and O–H groups in total. The molecular weight excluding hydrogens is 344 g/mol. The summed E-state index contributed by atoms with van der Waals surface area (Å²) in [5.74, 6) is 2.54. The molecule has 1 aliphatic heterocycles. The van der Waals surface area contributed by atoms with Crippen LogP contribution >= 0.6 is 0 Å². The number of hydrogen-bond acceptors (Lipinski definition) is 3. The molecule has 0 aromatic carbocycles. The van der Waals surface area contributed by atoms with E-state index in [1.807, 2.05) is 6.92 Å². The Balaban J connectivity index is 1.86. The van der Waals surface area contributed by atoms with Crippen molar-refractivity contribution < 1.29 is 5.11 Å². The van der Waals surface area contributed by atoms with Crippen molar-refractivity contribution >= 4 is 0 Å². The van der Waals surface area contributed by atoms with Crippen LogP contribution in [0.5, 0.6) is 0 Å². The molecule has 1 saturated heterocycles. The fourth-order valence-electron chi connectivity index (χ4n) is 5.73. The van der Waals surface area contributed by atoms with Crippen LogP contribution in [0.1, 0.15) is 99.3 Å². The quantitative estimate of drug-likeness (QED) is 0.488. The summed E-state index contributed by atoms with van der Waals surface area (Å²) < 4.78 is 0. The van der Waals surface area contributed by atoms with Gasteiger partial charge in [-0.25, -0.2) is 0 Å². The molecule has 3 heteroatoms. The average molecular weight is 395 g/mol. The van der Waals surface area contributed by atoms with Gasteiger partial charge in [-0.3, -0.25) is 4.90 Å². The van der Waals surface area contributed by atoms with Crippen LogP contribution in [-0.2, 0) is 0 Å². The first-order chi connectivity index (χ1) is 13.2. The third kappa shape index (κ3) is 6.99. The minimum absolute atomic E-state index is 0.179. The molecule has 2 rings (SSSR count). The molecule has 166 valence electrons. The highest BCUT2D eigenvalue weighted by Crippen LogP contribution is 2.39. The molecule has 0 bridgehead atoms. The van der Waals surface area contributed by atoms with Gasteiger partial charge >= 0.3 is 0 Å². The fraction of sp³-hybridized carbons (Fsp3) is 1.00. The van der Waals surface area contributed by atoms with Gasteiger partial charge < -0.3 is 10.4 Å². The van der Waals surface area contributed by atoms with Crippen LogP contribution in [0.3, 0.4) is 0 Å². The molecule has 0 radical (unpaired) electrons. The number of nitrogens with one attached hydrogen (secondary N) is 1. The summed E-state index contributed by atoms with van der Waals surface area (Å²) >= 11 is 0. The standard InChI is InChI=1S/C25H50N2O/c1-7-19(2)11-10-14-23-15-16-27(18-25(23,5)6)20(3)24(21(4)28)26-17-22-12-8-9-13-22/h19-24,26,28H,7-18H2,1-6H3/t19-,20-,21?,23?,24?/m1/s1. The van der Waals surface area contributed by atoms with Crippen LogP contribution in [0.15, 0.2) is 0 Å². The maximum absolute atomic E-state index is 10.5. The third-order valence-electron chi connectivity index (χ3n) is 8.16. The molecule has 28 heavy (non-hydrogen) atoms. The Hall–Kier alpha value is -0.120. The summed E-state index contributed by atoms with van der Waals surface area (Å²) in [5.41, 5.74) is 0.372. The zero-order valence-corrected chi connectivity index (χ0v) is 19.8. The van der Waals surface area contributed by atoms with Crippen molar-refractivity contribution in [1.82, 2.24) is 10.2 Å². The first kappa shape index (κ1) is 24.2. The first-order valence-corrected chi connectivity index (χ1v) is 12.4. The van der Waals surface area contributed by atoms with E-state index >= 15 is 0 Å². The topological polar surface area (TPSA) is 35.5 Å². The van der Waals surface area contributed by atoms with Gasteiger partial charge in [-0.15, -0.1) is 0 Å².